The first-order chi connectivity index (χ1) is 16.7. The molecule has 3 aromatic heterocycles. The molecule has 4 heterocycles. The lowest BCUT2D eigenvalue weighted by Crippen LogP contribution is -2.48. The Hall–Kier alpha value is -3.70. The lowest BCUT2D eigenvalue weighted by atomic mass is 10.1. The summed E-state index contributed by atoms with van der Waals surface area (Å²) < 4.78 is 2.27. The molecule has 34 heavy (non-hydrogen) atoms. The molecule has 6 rings (SSSR count). The van der Waals surface area contributed by atoms with Gasteiger partial charge in [0.25, 0.3) is 0 Å². The Morgan fingerprint density at radius 2 is 1.65 bits per heavy atom. The molecule has 1 aliphatic heterocycles. The van der Waals surface area contributed by atoms with E-state index >= 15 is 0 Å². The van der Waals surface area contributed by atoms with Crippen molar-refractivity contribution in [3.63, 3.8) is 0 Å². The molecular weight excluding hydrogens is 418 g/mol. The van der Waals surface area contributed by atoms with Crippen molar-refractivity contribution >= 4 is 33.5 Å². The van der Waals surface area contributed by atoms with Crippen molar-refractivity contribution in [1.29, 1.82) is 0 Å². The number of aromatic amines is 1. The zero-order valence-corrected chi connectivity index (χ0v) is 19.8. The molecule has 5 aromatic rings. The van der Waals surface area contributed by atoms with Gasteiger partial charge in [-0.1, -0.05) is 12.1 Å². The molecule has 1 saturated heterocycles. The molecule has 0 saturated carbocycles. The predicted molar refractivity (Wildman–Crippen MR) is 143 cm³/mol. The van der Waals surface area contributed by atoms with Gasteiger partial charge in [-0.15, -0.1) is 0 Å². The summed E-state index contributed by atoms with van der Waals surface area (Å²) in [6.07, 6.45) is 4.14. The average molecular weight is 450 g/mol. The van der Waals surface area contributed by atoms with E-state index in [0.717, 1.165) is 43.1 Å². The fourth-order valence-electron chi connectivity index (χ4n) is 5.18. The number of hydrogen-bond donors (Lipinski definition) is 2. The van der Waals surface area contributed by atoms with Crippen molar-refractivity contribution in [3.05, 3.63) is 85.2 Å². The number of hydrogen-bond acceptors (Lipinski definition) is 3. The first-order valence-corrected chi connectivity index (χ1v) is 12.2. The Balaban J connectivity index is 1.24. The van der Waals surface area contributed by atoms with Crippen molar-refractivity contribution in [2.45, 2.75) is 19.9 Å². The number of rotatable bonds is 5. The van der Waals surface area contributed by atoms with E-state index in [1.165, 1.54) is 27.8 Å². The molecule has 0 spiro atoms. The molecule has 2 aromatic carbocycles. The number of anilines is 3. The summed E-state index contributed by atoms with van der Waals surface area (Å²) in [5.74, 6) is 0. The summed E-state index contributed by atoms with van der Waals surface area (Å²) in [4.78, 5) is 8.36. The normalized spacial score (nSPS) is 15.0. The zero-order chi connectivity index (χ0) is 23.1. The average Bonchev–Trinajstić information content (AvgIpc) is 3.55. The van der Waals surface area contributed by atoms with Crippen LogP contribution in [0.2, 0.25) is 0 Å². The van der Waals surface area contributed by atoms with Crippen molar-refractivity contribution in [2.75, 3.05) is 36.4 Å². The standard InChI is InChI=1S/C29H31N5/c1-21(2)32-17-19-33(20-18-32)23-10-8-22(9-11-23)31-27-12-13-28(34-16-4-7-29(27)34)25-5-3-6-26-24(25)14-15-30-26/h3-16,21,30-31H,17-20H2,1-2H3. The number of nitrogens with one attached hydrogen (secondary N) is 2. The molecule has 172 valence electrons. The Labute approximate surface area is 200 Å². The van der Waals surface area contributed by atoms with Crippen LogP contribution in [-0.2, 0) is 0 Å². The van der Waals surface area contributed by atoms with Crippen molar-refractivity contribution in [3.8, 4) is 11.3 Å². The molecular formula is C29H31N5. The number of H-pyrrole nitrogens is 1. The number of pyridine rings is 1. The molecule has 0 atom stereocenters. The lowest BCUT2D eigenvalue weighted by Gasteiger charge is -2.38. The Kier molecular flexibility index (Phi) is 5.27. The van der Waals surface area contributed by atoms with Gasteiger partial charge in [-0.05, 0) is 74.5 Å². The predicted octanol–water partition coefficient (Wildman–Crippen LogP) is 6.36. The van der Waals surface area contributed by atoms with E-state index in [2.05, 4.69) is 117 Å². The summed E-state index contributed by atoms with van der Waals surface area (Å²) in [5, 5.41) is 4.88. The van der Waals surface area contributed by atoms with Gasteiger partial charge in [-0.25, -0.2) is 0 Å². The largest absolute Gasteiger partial charge is 0.369 e. The molecule has 5 heteroatoms. The highest BCUT2D eigenvalue weighted by atomic mass is 15.3. The number of aromatic nitrogens is 2. The third-order valence-corrected chi connectivity index (χ3v) is 7.12. The quantitative estimate of drug-likeness (QED) is 0.328. The van der Waals surface area contributed by atoms with Gasteiger partial charge in [0.1, 0.15) is 0 Å². The summed E-state index contributed by atoms with van der Waals surface area (Å²) in [5.41, 5.74) is 8.25. The Bertz CT molecular complexity index is 1420. The van der Waals surface area contributed by atoms with Crippen LogP contribution < -0.4 is 10.2 Å². The van der Waals surface area contributed by atoms with Crippen LogP contribution in [-0.4, -0.2) is 46.5 Å². The second-order valence-corrected chi connectivity index (χ2v) is 9.43. The molecule has 5 nitrogen and oxygen atoms in total. The molecule has 0 unspecified atom stereocenters. The lowest BCUT2D eigenvalue weighted by molar-refractivity contribution is 0.209. The molecule has 1 aliphatic rings. The first kappa shape index (κ1) is 20.9. The number of benzene rings is 2. The second-order valence-electron chi connectivity index (χ2n) is 9.43. The van der Waals surface area contributed by atoms with Crippen LogP contribution in [0.15, 0.2) is 85.2 Å². The number of fused-ring (bicyclic) bond motifs is 2. The highest BCUT2D eigenvalue weighted by Crippen LogP contribution is 2.33. The minimum Gasteiger partial charge on any atom is -0.369 e. The van der Waals surface area contributed by atoms with Crippen LogP contribution in [0.5, 0.6) is 0 Å². The van der Waals surface area contributed by atoms with Crippen LogP contribution in [0.25, 0.3) is 27.7 Å². The van der Waals surface area contributed by atoms with Crippen molar-refractivity contribution in [1.82, 2.24) is 14.3 Å². The zero-order valence-electron chi connectivity index (χ0n) is 19.8. The SMILES string of the molecule is CC(C)N1CCN(c2ccc(Nc3ccc(-c4cccc5[nH]ccc45)n4cccc34)cc2)CC1. The van der Waals surface area contributed by atoms with Crippen LogP contribution in [0.3, 0.4) is 0 Å². The van der Waals surface area contributed by atoms with Gasteiger partial charge in [0.15, 0.2) is 0 Å². The van der Waals surface area contributed by atoms with Crippen LogP contribution in [0.4, 0.5) is 17.1 Å². The summed E-state index contributed by atoms with van der Waals surface area (Å²) in [6.45, 7) is 9.01. The highest BCUT2D eigenvalue weighted by molar-refractivity contribution is 5.95. The van der Waals surface area contributed by atoms with Gasteiger partial charge in [-0.2, -0.15) is 0 Å². The van der Waals surface area contributed by atoms with E-state index in [-0.39, 0.29) is 0 Å². The third-order valence-electron chi connectivity index (χ3n) is 7.12. The minimum absolute atomic E-state index is 0.627. The second kappa shape index (κ2) is 8.58. The van der Waals surface area contributed by atoms with E-state index < -0.39 is 0 Å². The number of nitrogens with zero attached hydrogens (tertiary/aromatic N) is 3. The molecule has 0 radical (unpaired) electrons. The first-order valence-electron chi connectivity index (χ1n) is 12.2. The summed E-state index contributed by atoms with van der Waals surface area (Å²) in [7, 11) is 0. The smallest absolute Gasteiger partial charge is 0.0691 e. The summed E-state index contributed by atoms with van der Waals surface area (Å²) >= 11 is 0. The van der Waals surface area contributed by atoms with Gasteiger partial charge in [0.05, 0.1) is 16.9 Å². The van der Waals surface area contributed by atoms with Crippen LogP contribution in [0, 0.1) is 0 Å². The topological polar surface area (TPSA) is 38.7 Å². The third kappa shape index (κ3) is 3.72. The van der Waals surface area contributed by atoms with Gasteiger partial charge in [0.2, 0.25) is 0 Å². The molecule has 1 fully saturated rings. The number of piperazine rings is 1. The van der Waals surface area contributed by atoms with E-state index in [9.17, 15) is 0 Å². The van der Waals surface area contributed by atoms with Gasteiger partial charge in [0, 0.05) is 72.5 Å². The van der Waals surface area contributed by atoms with Gasteiger partial charge < -0.3 is 19.6 Å². The van der Waals surface area contributed by atoms with Crippen LogP contribution >= 0.6 is 0 Å². The van der Waals surface area contributed by atoms with E-state index in [4.69, 9.17) is 0 Å². The van der Waals surface area contributed by atoms with Crippen molar-refractivity contribution in [2.24, 2.45) is 0 Å². The van der Waals surface area contributed by atoms with Gasteiger partial charge in [-0.3, -0.25) is 4.90 Å². The fraction of sp³-hybridized carbons (Fsp3) is 0.241. The fourth-order valence-corrected chi connectivity index (χ4v) is 5.18. The molecule has 0 amide bonds. The van der Waals surface area contributed by atoms with E-state index in [0.29, 0.717) is 6.04 Å². The minimum atomic E-state index is 0.627. The Morgan fingerprint density at radius 1 is 0.824 bits per heavy atom. The Morgan fingerprint density at radius 3 is 2.44 bits per heavy atom. The van der Waals surface area contributed by atoms with E-state index in [1.54, 1.807) is 0 Å². The molecule has 2 N–H and O–H groups in total. The maximum Gasteiger partial charge on any atom is 0.0691 e. The maximum absolute atomic E-state index is 3.64. The monoisotopic (exact) mass is 449 g/mol. The summed E-state index contributed by atoms with van der Waals surface area (Å²) in [6, 6.07) is 26.7. The molecule has 0 bridgehead atoms. The van der Waals surface area contributed by atoms with Gasteiger partial charge >= 0.3 is 0 Å². The maximum atomic E-state index is 3.64. The van der Waals surface area contributed by atoms with E-state index in [1.807, 2.05) is 6.20 Å². The van der Waals surface area contributed by atoms with Crippen molar-refractivity contribution < 1.29 is 0 Å². The molecule has 0 aliphatic carbocycles. The van der Waals surface area contributed by atoms with Crippen LogP contribution in [0.1, 0.15) is 13.8 Å². The highest BCUT2D eigenvalue weighted by Gasteiger charge is 2.19.